The van der Waals surface area contributed by atoms with Crippen LogP contribution in [0.5, 0.6) is 23.0 Å². The number of hydrogen-bond donors (Lipinski definition) is 1. The summed E-state index contributed by atoms with van der Waals surface area (Å²) < 4.78 is 22.7. The standard InChI is InChI=1S/C29H27ClN2O5/c1-17(2)16-35-24-11-6-19(13-26(24)34-3)28-22-10-9-21(14-25(22)37-29(32)23(28)15-31)36-27(33)12-18-4-7-20(30)8-5-18/h4-11,13-14,17,28H,12,16,32H2,1-3H3. The number of nitriles is 1. The average Bonchev–Trinajstić information content (AvgIpc) is 2.87. The van der Waals surface area contributed by atoms with Gasteiger partial charge in [0.25, 0.3) is 0 Å². The first kappa shape index (κ1) is 25.9. The molecule has 0 saturated heterocycles. The van der Waals surface area contributed by atoms with Gasteiger partial charge in [0.1, 0.15) is 23.1 Å². The van der Waals surface area contributed by atoms with E-state index in [9.17, 15) is 10.1 Å². The maximum atomic E-state index is 12.5. The van der Waals surface area contributed by atoms with Gasteiger partial charge in [-0.2, -0.15) is 5.26 Å². The maximum absolute atomic E-state index is 12.5. The van der Waals surface area contributed by atoms with Crippen molar-refractivity contribution in [3.63, 3.8) is 0 Å². The van der Waals surface area contributed by atoms with Crippen LogP contribution in [0.25, 0.3) is 0 Å². The Hall–Kier alpha value is -4.15. The molecule has 190 valence electrons. The first-order valence-electron chi connectivity index (χ1n) is 11.8. The Morgan fingerprint density at radius 2 is 1.86 bits per heavy atom. The zero-order chi connectivity index (χ0) is 26.5. The van der Waals surface area contributed by atoms with Crippen molar-refractivity contribution in [2.75, 3.05) is 13.7 Å². The number of hydrogen-bond acceptors (Lipinski definition) is 7. The summed E-state index contributed by atoms with van der Waals surface area (Å²) in [7, 11) is 1.57. The molecule has 1 heterocycles. The van der Waals surface area contributed by atoms with Gasteiger partial charge < -0.3 is 24.7 Å². The molecular formula is C29H27ClN2O5. The maximum Gasteiger partial charge on any atom is 0.315 e. The van der Waals surface area contributed by atoms with E-state index in [2.05, 4.69) is 19.9 Å². The van der Waals surface area contributed by atoms with Gasteiger partial charge in [0.2, 0.25) is 5.88 Å². The van der Waals surface area contributed by atoms with Crippen LogP contribution in [0.15, 0.2) is 72.1 Å². The van der Waals surface area contributed by atoms with E-state index < -0.39 is 11.9 Å². The monoisotopic (exact) mass is 518 g/mol. The first-order valence-corrected chi connectivity index (χ1v) is 12.1. The number of benzene rings is 3. The van der Waals surface area contributed by atoms with Crippen LogP contribution in [-0.2, 0) is 11.2 Å². The van der Waals surface area contributed by atoms with Crippen LogP contribution >= 0.6 is 11.6 Å². The zero-order valence-electron chi connectivity index (χ0n) is 20.8. The van der Waals surface area contributed by atoms with Crippen LogP contribution in [0.4, 0.5) is 0 Å². The molecule has 0 bridgehead atoms. The lowest BCUT2D eigenvalue weighted by Gasteiger charge is -2.27. The van der Waals surface area contributed by atoms with Crippen molar-refractivity contribution in [1.29, 1.82) is 5.26 Å². The lowest BCUT2D eigenvalue weighted by atomic mass is 9.83. The molecule has 1 unspecified atom stereocenters. The summed E-state index contributed by atoms with van der Waals surface area (Å²) in [6, 6.07) is 19.7. The SMILES string of the molecule is COc1cc(C2C(C#N)=C(N)Oc3cc(OC(=O)Cc4ccc(Cl)cc4)ccc32)ccc1OCC(C)C. The minimum Gasteiger partial charge on any atom is -0.493 e. The van der Waals surface area contributed by atoms with E-state index in [0.29, 0.717) is 46.1 Å². The van der Waals surface area contributed by atoms with Crippen LogP contribution in [-0.4, -0.2) is 19.7 Å². The molecule has 1 atom stereocenters. The smallest absolute Gasteiger partial charge is 0.315 e. The van der Waals surface area contributed by atoms with Crippen LogP contribution in [0.3, 0.4) is 0 Å². The van der Waals surface area contributed by atoms with Crippen LogP contribution in [0.1, 0.15) is 36.5 Å². The minimum atomic E-state index is -0.499. The van der Waals surface area contributed by atoms with Gasteiger partial charge in [-0.1, -0.05) is 49.7 Å². The Morgan fingerprint density at radius 3 is 2.54 bits per heavy atom. The minimum absolute atomic E-state index is 0.0104. The van der Waals surface area contributed by atoms with Gasteiger partial charge in [-0.15, -0.1) is 0 Å². The van der Waals surface area contributed by atoms with Gasteiger partial charge >= 0.3 is 5.97 Å². The highest BCUT2D eigenvalue weighted by molar-refractivity contribution is 6.30. The van der Waals surface area contributed by atoms with Crippen molar-refractivity contribution in [3.05, 3.63) is 93.8 Å². The fourth-order valence-electron chi connectivity index (χ4n) is 4.02. The van der Waals surface area contributed by atoms with Gasteiger partial charge in [0, 0.05) is 16.7 Å². The topological polar surface area (TPSA) is 104 Å². The molecule has 0 aliphatic carbocycles. The molecule has 0 spiro atoms. The third-order valence-corrected chi connectivity index (χ3v) is 6.03. The fraction of sp³-hybridized carbons (Fsp3) is 0.241. The molecular weight excluding hydrogens is 492 g/mol. The highest BCUT2D eigenvalue weighted by Gasteiger charge is 2.31. The average molecular weight is 519 g/mol. The van der Waals surface area contributed by atoms with Gasteiger partial charge in [-0.05, 0) is 47.4 Å². The molecule has 0 fully saturated rings. The molecule has 2 N–H and O–H groups in total. The van der Waals surface area contributed by atoms with Crippen LogP contribution < -0.4 is 24.7 Å². The number of fused-ring (bicyclic) bond motifs is 1. The number of halogens is 1. The van der Waals surface area contributed by atoms with Gasteiger partial charge in [0.05, 0.1) is 26.1 Å². The summed E-state index contributed by atoms with van der Waals surface area (Å²) in [5.74, 6) is 1.29. The predicted octanol–water partition coefficient (Wildman–Crippen LogP) is 5.75. The Bertz CT molecular complexity index is 1380. The quantitative estimate of drug-likeness (QED) is 0.299. The molecule has 0 aromatic heterocycles. The number of allylic oxidation sites excluding steroid dienone is 1. The summed E-state index contributed by atoms with van der Waals surface area (Å²) in [5.41, 5.74) is 8.69. The zero-order valence-corrected chi connectivity index (χ0v) is 21.5. The fourth-order valence-corrected chi connectivity index (χ4v) is 4.14. The molecule has 3 aromatic rings. The molecule has 0 saturated carbocycles. The van der Waals surface area contributed by atoms with Gasteiger partial charge in [0.15, 0.2) is 11.5 Å². The van der Waals surface area contributed by atoms with Crippen LogP contribution in [0, 0.1) is 17.2 Å². The van der Waals surface area contributed by atoms with Crippen molar-refractivity contribution < 1.29 is 23.7 Å². The molecule has 7 nitrogen and oxygen atoms in total. The summed E-state index contributed by atoms with van der Waals surface area (Å²) in [4.78, 5) is 12.5. The van der Waals surface area contributed by atoms with E-state index >= 15 is 0 Å². The number of rotatable bonds is 8. The van der Waals surface area contributed by atoms with E-state index in [1.165, 1.54) is 0 Å². The highest BCUT2D eigenvalue weighted by atomic mass is 35.5. The van der Waals surface area contributed by atoms with Crippen molar-refractivity contribution in [2.45, 2.75) is 26.2 Å². The second kappa shape index (κ2) is 11.3. The van der Waals surface area contributed by atoms with E-state index in [1.807, 2.05) is 18.2 Å². The van der Waals surface area contributed by atoms with Crippen molar-refractivity contribution in [2.24, 2.45) is 11.7 Å². The molecule has 0 amide bonds. The summed E-state index contributed by atoms with van der Waals surface area (Å²) >= 11 is 5.91. The molecule has 4 rings (SSSR count). The lowest BCUT2D eigenvalue weighted by molar-refractivity contribution is -0.133. The number of ether oxygens (including phenoxy) is 4. The number of methoxy groups -OCH3 is 1. The summed E-state index contributed by atoms with van der Waals surface area (Å²) in [5, 5.41) is 10.5. The van der Waals surface area contributed by atoms with E-state index in [1.54, 1.807) is 49.6 Å². The second-order valence-electron chi connectivity index (χ2n) is 9.02. The summed E-state index contributed by atoms with van der Waals surface area (Å²) in [6.45, 7) is 4.68. The lowest BCUT2D eigenvalue weighted by Crippen LogP contribution is -2.21. The largest absolute Gasteiger partial charge is 0.493 e. The van der Waals surface area contributed by atoms with Gasteiger partial charge in [-0.3, -0.25) is 4.79 Å². The van der Waals surface area contributed by atoms with E-state index in [4.69, 9.17) is 36.3 Å². The first-order chi connectivity index (χ1) is 17.8. The molecule has 3 aromatic carbocycles. The van der Waals surface area contributed by atoms with Crippen molar-refractivity contribution in [1.82, 2.24) is 0 Å². The molecule has 1 aliphatic heterocycles. The Labute approximate surface area is 221 Å². The second-order valence-corrected chi connectivity index (χ2v) is 9.45. The number of nitrogens with two attached hydrogens (primary N) is 1. The molecule has 0 radical (unpaired) electrons. The number of carbonyl (C=O) groups excluding carboxylic acids is 1. The van der Waals surface area contributed by atoms with Crippen molar-refractivity contribution >= 4 is 17.6 Å². The third kappa shape index (κ3) is 5.99. The third-order valence-electron chi connectivity index (χ3n) is 5.78. The summed E-state index contributed by atoms with van der Waals surface area (Å²) in [6.07, 6.45) is 0.0867. The molecule has 1 aliphatic rings. The Kier molecular flexibility index (Phi) is 7.90. The number of carbonyl (C=O) groups is 1. The Morgan fingerprint density at radius 1 is 1.11 bits per heavy atom. The number of esters is 1. The van der Waals surface area contributed by atoms with Crippen molar-refractivity contribution in [3.8, 4) is 29.1 Å². The highest BCUT2D eigenvalue weighted by Crippen LogP contribution is 2.45. The normalized spacial score (nSPS) is 14.4. The number of nitrogens with zero attached hydrogens (tertiary/aromatic N) is 1. The van der Waals surface area contributed by atoms with Gasteiger partial charge in [-0.25, -0.2) is 0 Å². The Balaban J connectivity index is 1.61. The van der Waals surface area contributed by atoms with E-state index in [0.717, 1.165) is 11.1 Å². The van der Waals surface area contributed by atoms with E-state index in [-0.39, 0.29) is 17.9 Å². The molecule has 8 heteroatoms. The molecule has 37 heavy (non-hydrogen) atoms. The predicted molar refractivity (Wildman–Crippen MR) is 140 cm³/mol. The van der Waals surface area contributed by atoms with Crippen LogP contribution in [0.2, 0.25) is 5.02 Å².